The predicted octanol–water partition coefficient (Wildman–Crippen LogP) is 2.62. The van der Waals surface area contributed by atoms with E-state index in [9.17, 15) is 0 Å². The molecule has 1 atom stereocenters. The molecule has 116 valence electrons. The van der Waals surface area contributed by atoms with E-state index in [1.807, 2.05) is 0 Å². The molecule has 0 aliphatic heterocycles. The van der Waals surface area contributed by atoms with Gasteiger partial charge in [0.25, 0.3) is 0 Å². The minimum absolute atomic E-state index is 0.122. The van der Waals surface area contributed by atoms with Crippen molar-refractivity contribution in [2.45, 2.75) is 45.6 Å². The third kappa shape index (κ3) is 6.31. The van der Waals surface area contributed by atoms with Gasteiger partial charge in [-0.25, -0.2) is 4.98 Å². The van der Waals surface area contributed by atoms with E-state index in [2.05, 4.69) is 38.4 Å². The average molecular weight is 300 g/mol. The maximum absolute atomic E-state index is 5.62. The van der Waals surface area contributed by atoms with Crippen molar-refractivity contribution in [2.24, 2.45) is 0 Å². The van der Waals surface area contributed by atoms with Gasteiger partial charge in [0.05, 0.1) is 30.5 Å². The summed E-state index contributed by atoms with van der Waals surface area (Å²) in [6.45, 7) is 11.6. The Morgan fingerprint density at radius 2 is 2.10 bits per heavy atom. The summed E-state index contributed by atoms with van der Waals surface area (Å²) in [6.07, 6.45) is 0.918. The van der Waals surface area contributed by atoms with Crippen LogP contribution >= 0.6 is 11.3 Å². The van der Waals surface area contributed by atoms with Crippen molar-refractivity contribution in [3.8, 4) is 0 Å². The summed E-state index contributed by atoms with van der Waals surface area (Å²) in [5, 5.41) is 6.80. The lowest BCUT2D eigenvalue weighted by atomic mass is 9.93. The second-order valence-corrected chi connectivity index (χ2v) is 6.85. The zero-order valence-electron chi connectivity index (χ0n) is 13.4. The van der Waals surface area contributed by atoms with E-state index in [1.54, 1.807) is 18.4 Å². The first kappa shape index (κ1) is 17.6. The highest BCUT2D eigenvalue weighted by atomic mass is 32.1. The molecule has 1 N–H and O–H groups in total. The SMILES string of the molecule is CCNC(COCCOC)Cc1nc(C(C)(C)C)cs1. The molecule has 5 heteroatoms. The number of thiazole rings is 1. The molecule has 0 aromatic carbocycles. The molecule has 20 heavy (non-hydrogen) atoms. The van der Waals surface area contributed by atoms with Crippen molar-refractivity contribution >= 4 is 11.3 Å². The number of nitrogens with one attached hydrogen (secondary N) is 1. The Balaban J connectivity index is 2.50. The Labute approximate surface area is 126 Å². The normalized spacial score (nSPS) is 13.7. The summed E-state index contributed by atoms with van der Waals surface area (Å²) in [5.74, 6) is 0. The first-order valence-electron chi connectivity index (χ1n) is 7.22. The third-order valence-electron chi connectivity index (χ3n) is 2.98. The van der Waals surface area contributed by atoms with Crippen molar-refractivity contribution in [3.63, 3.8) is 0 Å². The van der Waals surface area contributed by atoms with Gasteiger partial charge in [0.1, 0.15) is 0 Å². The number of ether oxygens (including phenoxy) is 2. The molecule has 0 spiro atoms. The smallest absolute Gasteiger partial charge is 0.0944 e. The van der Waals surface area contributed by atoms with Crippen molar-refractivity contribution in [1.29, 1.82) is 0 Å². The molecule has 0 radical (unpaired) electrons. The number of aromatic nitrogens is 1. The van der Waals surface area contributed by atoms with Crippen LogP contribution in [0.3, 0.4) is 0 Å². The quantitative estimate of drug-likeness (QED) is 0.712. The van der Waals surface area contributed by atoms with Crippen molar-refractivity contribution < 1.29 is 9.47 Å². The molecule has 0 aliphatic carbocycles. The van der Waals surface area contributed by atoms with Gasteiger partial charge in [0, 0.05) is 30.4 Å². The Hall–Kier alpha value is -0.490. The van der Waals surface area contributed by atoms with Crippen LogP contribution < -0.4 is 5.32 Å². The Kier molecular flexibility index (Phi) is 7.66. The first-order valence-corrected chi connectivity index (χ1v) is 8.10. The number of rotatable bonds is 9. The number of nitrogens with zero attached hydrogens (tertiary/aromatic N) is 1. The van der Waals surface area contributed by atoms with E-state index in [0.717, 1.165) is 13.0 Å². The summed E-state index contributed by atoms with van der Waals surface area (Å²) in [7, 11) is 1.69. The lowest BCUT2D eigenvalue weighted by molar-refractivity contribution is 0.0589. The minimum Gasteiger partial charge on any atom is -0.382 e. The standard InChI is InChI=1S/C15H28N2O2S/c1-6-16-12(10-19-8-7-18-5)9-14-17-13(11-20-14)15(2,3)4/h11-12,16H,6-10H2,1-5H3. The largest absolute Gasteiger partial charge is 0.382 e. The molecule has 4 nitrogen and oxygen atoms in total. The molecule has 0 saturated heterocycles. The average Bonchev–Trinajstić information content (AvgIpc) is 2.83. The lowest BCUT2D eigenvalue weighted by Crippen LogP contribution is -2.35. The molecule has 0 bridgehead atoms. The molecule has 1 rings (SSSR count). The second kappa shape index (κ2) is 8.72. The molecule has 0 aliphatic rings. The fourth-order valence-corrected chi connectivity index (χ4v) is 2.91. The van der Waals surface area contributed by atoms with Crippen LogP contribution in [0.5, 0.6) is 0 Å². The third-order valence-corrected chi connectivity index (χ3v) is 3.86. The van der Waals surface area contributed by atoms with Crippen LogP contribution in [0.4, 0.5) is 0 Å². The van der Waals surface area contributed by atoms with Gasteiger partial charge in [-0.15, -0.1) is 11.3 Å². The number of methoxy groups -OCH3 is 1. The highest BCUT2D eigenvalue weighted by Crippen LogP contribution is 2.24. The summed E-state index contributed by atoms with van der Waals surface area (Å²) in [4.78, 5) is 4.75. The molecule has 0 amide bonds. The molecule has 0 saturated carbocycles. The number of hydrogen-bond acceptors (Lipinski definition) is 5. The Morgan fingerprint density at radius 1 is 1.35 bits per heavy atom. The van der Waals surface area contributed by atoms with Crippen molar-refractivity contribution in [3.05, 3.63) is 16.1 Å². The maximum Gasteiger partial charge on any atom is 0.0944 e. The van der Waals surface area contributed by atoms with Crippen molar-refractivity contribution in [1.82, 2.24) is 10.3 Å². The van der Waals surface area contributed by atoms with Gasteiger partial charge >= 0.3 is 0 Å². The molecule has 0 fully saturated rings. The van der Waals surface area contributed by atoms with Crippen LogP contribution in [0.1, 0.15) is 38.4 Å². The topological polar surface area (TPSA) is 43.4 Å². The van der Waals surface area contributed by atoms with E-state index in [-0.39, 0.29) is 5.41 Å². The molecule has 1 aromatic heterocycles. The summed E-state index contributed by atoms with van der Waals surface area (Å²) in [5.41, 5.74) is 1.30. The fraction of sp³-hybridized carbons (Fsp3) is 0.800. The Bertz CT molecular complexity index is 374. The molecule has 1 aromatic rings. The van der Waals surface area contributed by atoms with Crippen molar-refractivity contribution in [2.75, 3.05) is 33.5 Å². The highest BCUT2D eigenvalue weighted by molar-refractivity contribution is 7.09. The zero-order valence-corrected chi connectivity index (χ0v) is 14.2. The monoisotopic (exact) mass is 300 g/mol. The van der Waals surface area contributed by atoms with E-state index < -0.39 is 0 Å². The van der Waals surface area contributed by atoms with Crippen LogP contribution in [-0.4, -0.2) is 44.5 Å². The van der Waals surface area contributed by atoms with E-state index in [1.165, 1.54) is 10.7 Å². The van der Waals surface area contributed by atoms with Crippen LogP contribution in [-0.2, 0) is 21.3 Å². The van der Waals surface area contributed by atoms with E-state index in [4.69, 9.17) is 14.5 Å². The summed E-state index contributed by atoms with van der Waals surface area (Å²) >= 11 is 1.74. The highest BCUT2D eigenvalue weighted by Gasteiger charge is 2.19. The molecule has 1 unspecified atom stereocenters. The van der Waals surface area contributed by atoms with Gasteiger partial charge in [0.2, 0.25) is 0 Å². The minimum atomic E-state index is 0.122. The zero-order chi connectivity index (χ0) is 15.0. The van der Waals surface area contributed by atoms with Gasteiger partial charge in [-0.1, -0.05) is 27.7 Å². The van der Waals surface area contributed by atoms with Crippen LogP contribution in [0, 0.1) is 0 Å². The summed E-state index contributed by atoms with van der Waals surface area (Å²) < 4.78 is 10.6. The van der Waals surface area contributed by atoms with Gasteiger partial charge < -0.3 is 14.8 Å². The number of likely N-dealkylation sites (N-methyl/N-ethyl adjacent to an activating group) is 1. The predicted molar refractivity (Wildman–Crippen MR) is 84.7 cm³/mol. The Morgan fingerprint density at radius 3 is 2.65 bits per heavy atom. The van der Waals surface area contributed by atoms with Gasteiger partial charge in [-0.2, -0.15) is 0 Å². The first-order chi connectivity index (χ1) is 9.47. The molecular formula is C15H28N2O2S. The van der Waals surface area contributed by atoms with Gasteiger partial charge in [-0.3, -0.25) is 0 Å². The molecule has 1 heterocycles. The number of hydrogen-bond donors (Lipinski definition) is 1. The fourth-order valence-electron chi connectivity index (χ4n) is 1.81. The summed E-state index contributed by atoms with van der Waals surface area (Å²) in [6, 6.07) is 0.316. The van der Waals surface area contributed by atoms with Gasteiger partial charge in [0.15, 0.2) is 0 Å². The maximum atomic E-state index is 5.62. The van der Waals surface area contributed by atoms with E-state index >= 15 is 0 Å². The van der Waals surface area contributed by atoms with E-state index in [0.29, 0.717) is 25.9 Å². The van der Waals surface area contributed by atoms with Crippen LogP contribution in [0.2, 0.25) is 0 Å². The van der Waals surface area contributed by atoms with Gasteiger partial charge in [-0.05, 0) is 6.54 Å². The second-order valence-electron chi connectivity index (χ2n) is 5.90. The molecular weight excluding hydrogens is 272 g/mol. The lowest BCUT2D eigenvalue weighted by Gasteiger charge is -2.17. The van der Waals surface area contributed by atoms with Crippen LogP contribution in [0.15, 0.2) is 5.38 Å². The van der Waals surface area contributed by atoms with Crippen LogP contribution in [0.25, 0.3) is 0 Å².